The topological polar surface area (TPSA) is 43.4 Å². The van der Waals surface area contributed by atoms with Crippen molar-refractivity contribution < 1.29 is 14.3 Å². The van der Waals surface area contributed by atoms with Crippen molar-refractivity contribution in [2.24, 2.45) is 17.3 Å². The maximum atomic E-state index is 12.4. The van der Waals surface area contributed by atoms with E-state index in [2.05, 4.69) is 25.1 Å². The van der Waals surface area contributed by atoms with E-state index in [1.807, 2.05) is 13.0 Å². The molecule has 4 atom stereocenters. The molecule has 1 aromatic rings. The normalized spacial score (nSPS) is 32.8. The van der Waals surface area contributed by atoms with Crippen LogP contribution in [0.3, 0.4) is 0 Å². The Morgan fingerprint density at radius 2 is 2.12 bits per heavy atom. The standard InChI is InChI=1S/C23H28O3/c1-3-26-22(25)11-5-15-4-7-17-16(14-15)6-8-19-18(17)12-13-23(2)20(19)9-10-21(23)24/h4-5,7,11,14,18-20H,3,6,8-10,12-13H2,1-2H3. The summed E-state index contributed by atoms with van der Waals surface area (Å²) in [5, 5.41) is 0. The van der Waals surface area contributed by atoms with Gasteiger partial charge < -0.3 is 4.74 Å². The number of aryl methyl sites for hydroxylation is 1. The largest absolute Gasteiger partial charge is 0.463 e. The Kier molecular flexibility index (Phi) is 4.50. The van der Waals surface area contributed by atoms with Gasteiger partial charge in [0.05, 0.1) is 6.61 Å². The minimum atomic E-state index is -0.289. The van der Waals surface area contributed by atoms with E-state index in [1.54, 1.807) is 0 Å². The smallest absolute Gasteiger partial charge is 0.330 e. The molecule has 138 valence electrons. The van der Waals surface area contributed by atoms with Crippen LogP contribution in [0.1, 0.15) is 68.6 Å². The van der Waals surface area contributed by atoms with E-state index in [9.17, 15) is 9.59 Å². The van der Waals surface area contributed by atoms with Gasteiger partial charge in [-0.05, 0) is 79.5 Å². The lowest BCUT2D eigenvalue weighted by atomic mass is 9.55. The summed E-state index contributed by atoms with van der Waals surface area (Å²) < 4.78 is 4.95. The Labute approximate surface area is 155 Å². The molecule has 0 aliphatic heterocycles. The van der Waals surface area contributed by atoms with Crippen LogP contribution in [0.5, 0.6) is 0 Å². The summed E-state index contributed by atoms with van der Waals surface area (Å²) in [5.74, 6) is 2.05. The molecule has 3 aliphatic carbocycles. The predicted molar refractivity (Wildman–Crippen MR) is 102 cm³/mol. The number of ether oxygens (including phenoxy) is 1. The van der Waals surface area contributed by atoms with Gasteiger partial charge in [0.1, 0.15) is 5.78 Å². The number of hydrogen-bond donors (Lipinski definition) is 0. The van der Waals surface area contributed by atoms with Gasteiger partial charge >= 0.3 is 5.97 Å². The number of carbonyl (C=O) groups is 2. The molecule has 4 rings (SSSR count). The molecule has 3 nitrogen and oxygen atoms in total. The maximum Gasteiger partial charge on any atom is 0.330 e. The van der Waals surface area contributed by atoms with Crippen LogP contribution in [0.2, 0.25) is 0 Å². The third-order valence-corrected chi connectivity index (χ3v) is 7.16. The molecule has 2 fully saturated rings. The highest BCUT2D eigenvalue weighted by Gasteiger charge is 2.54. The molecule has 2 saturated carbocycles. The van der Waals surface area contributed by atoms with Gasteiger partial charge in [-0.1, -0.05) is 25.1 Å². The fourth-order valence-corrected chi connectivity index (χ4v) is 5.83. The number of esters is 1. The van der Waals surface area contributed by atoms with Crippen molar-refractivity contribution in [3.8, 4) is 0 Å². The molecule has 0 saturated heterocycles. The Morgan fingerprint density at radius 1 is 1.27 bits per heavy atom. The number of hydrogen-bond acceptors (Lipinski definition) is 3. The summed E-state index contributed by atoms with van der Waals surface area (Å²) in [4.78, 5) is 23.9. The van der Waals surface area contributed by atoms with Gasteiger partial charge in [-0.3, -0.25) is 4.79 Å². The Balaban J connectivity index is 1.56. The molecular formula is C23H28O3. The van der Waals surface area contributed by atoms with Crippen LogP contribution in [0.15, 0.2) is 24.3 Å². The van der Waals surface area contributed by atoms with Gasteiger partial charge in [0, 0.05) is 17.9 Å². The molecule has 0 heterocycles. The van der Waals surface area contributed by atoms with E-state index in [1.165, 1.54) is 23.6 Å². The quantitative estimate of drug-likeness (QED) is 0.585. The van der Waals surface area contributed by atoms with Crippen molar-refractivity contribution in [3.05, 3.63) is 41.0 Å². The third-order valence-electron chi connectivity index (χ3n) is 7.16. The fourth-order valence-electron chi connectivity index (χ4n) is 5.83. The van der Waals surface area contributed by atoms with Crippen LogP contribution >= 0.6 is 0 Å². The van der Waals surface area contributed by atoms with Crippen LogP contribution in [0.25, 0.3) is 6.08 Å². The SMILES string of the molecule is CCOC(=O)C=Cc1ccc2c(c1)CCC1C2CCC2(C)C(=O)CCC12. The molecule has 0 radical (unpaired) electrons. The van der Waals surface area contributed by atoms with Gasteiger partial charge in [-0.25, -0.2) is 4.79 Å². The molecule has 0 spiro atoms. The molecule has 3 aliphatic rings. The molecule has 0 amide bonds. The first-order valence-electron chi connectivity index (χ1n) is 10.0. The number of fused-ring (bicyclic) bond motifs is 5. The highest BCUT2D eigenvalue weighted by molar-refractivity contribution is 5.87. The number of ketones is 1. The van der Waals surface area contributed by atoms with E-state index < -0.39 is 0 Å². The molecule has 26 heavy (non-hydrogen) atoms. The Morgan fingerprint density at radius 3 is 2.92 bits per heavy atom. The average molecular weight is 352 g/mol. The van der Waals surface area contributed by atoms with Crippen molar-refractivity contribution >= 4 is 17.8 Å². The summed E-state index contributed by atoms with van der Waals surface area (Å²) in [5.41, 5.74) is 3.91. The zero-order valence-electron chi connectivity index (χ0n) is 15.8. The first-order valence-corrected chi connectivity index (χ1v) is 10.0. The lowest BCUT2D eigenvalue weighted by Crippen LogP contribution is -2.42. The van der Waals surface area contributed by atoms with Crippen molar-refractivity contribution in [2.45, 2.75) is 58.3 Å². The first kappa shape index (κ1) is 17.5. The summed E-state index contributed by atoms with van der Waals surface area (Å²) in [7, 11) is 0. The summed E-state index contributed by atoms with van der Waals surface area (Å²) >= 11 is 0. The first-order chi connectivity index (χ1) is 12.5. The Hall–Kier alpha value is -1.90. The zero-order valence-corrected chi connectivity index (χ0v) is 15.8. The van der Waals surface area contributed by atoms with Gasteiger partial charge in [0.2, 0.25) is 0 Å². The van der Waals surface area contributed by atoms with Crippen LogP contribution in [0.4, 0.5) is 0 Å². The number of rotatable bonds is 3. The minimum absolute atomic E-state index is 0.0546. The monoisotopic (exact) mass is 352 g/mol. The van der Waals surface area contributed by atoms with Gasteiger partial charge in [0.25, 0.3) is 0 Å². The molecule has 0 bridgehead atoms. The minimum Gasteiger partial charge on any atom is -0.463 e. The molecule has 3 heteroatoms. The number of carbonyl (C=O) groups excluding carboxylic acids is 2. The molecule has 4 unspecified atom stereocenters. The van der Waals surface area contributed by atoms with Crippen molar-refractivity contribution in [2.75, 3.05) is 6.61 Å². The van der Waals surface area contributed by atoms with Crippen molar-refractivity contribution in [1.82, 2.24) is 0 Å². The van der Waals surface area contributed by atoms with Gasteiger partial charge in [-0.2, -0.15) is 0 Å². The van der Waals surface area contributed by atoms with Crippen LogP contribution in [-0.2, 0) is 20.7 Å². The molecule has 1 aromatic carbocycles. The maximum absolute atomic E-state index is 12.4. The van der Waals surface area contributed by atoms with Crippen molar-refractivity contribution in [3.63, 3.8) is 0 Å². The highest BCUT2D eigenvalue weighted by atomic mass is 16.5. The average Bonchev–Trinajstić information content (AvgIpc) is 2.95. The van der Waals surface area contributed by atoms with Crippen LogP contribution in [-0.4, -0.2) is 18.4 Å². The third kappa shape index (κ3) is 2.82. The number of benzene rings is 1. The lowest BCUT2D eigenvalue weighted by molar-refractivity contribution is -0.137. The van der Waals surface area contributed by atoms with Gasteiger partial charge in [0.15, 0.2) is 0 Å². The zero-order chi connectivity index (χ0) is 18.3. The van der Waals surface area contributed by atoms with Crippen molar-refractivity contribution in [1.29, 1.82) is 0 Å². The van der Waals surface area contributed by atoms with E-state index in [-0.39, 0.29) is 11.4 Å². The molecule has 0 N–H and O–H groups in total. The summed E-state index contributed by atoms with van der Waals surface area (Å²) in [6.45, 7) is 4.44. The lowest BCUT2D eigenvalue weighted by Gasteiger charge is -2.48. The van der Waals surface area contributed by atoms with E-state index in [4.69, 9.17) is 4.74 Å². The predicted octanol–water partition coefficient (Wildman–Crippen LogP) is 4.69. The highest BCUT2D eigenvalue weighted by Crippen LogP contribution is 2.59. The second kappa shape index (κ2) is 6.68. The van der Waals surface area contributed by atoms with E-state index in [0.29, 0.717) is 30.1 Å². The molecule has 0 aromatic heterocycles. The second-order valence-corrected chi connectivity index (χ2v) is 8.38. The Bertz CT molecular complexity index is 763. The summed E-state index contributed by atoms with van der Waals surface area (Å²) in [6, 6.07) is 6.61. The summed E-state index contributed by atoms with van der Waals surface area (Å²) in [6.07, 6.45) is 9.68. The fraction of sp³-hybridized carbons (Fsp3) is 0.565. The van der Waals surface area contributed by atoms with Crippen LogP contribution in [0, 0.1) is 17.3 Å². The van der Waals surface area contributed by atoms with E-state index in [0.717, 1.165) is 37.7 Å². The number of Topliss-reactive ketones (excluding diaryl/α,β-unsaturated/α-hetero) is 1. The van der Waals surface area contributed by atoms with E-state index >= 15 is 0 Å². The van der Waals surface area contributed by atoms with Crippen LogP contribution < -0.4 is 0 Å². The van der Waals surface area contributed by atoms with Gasteiger partial charge in [-0.15, -0.1) is 0 Å². The second-order valence-electron chi connectivity index (χ2n) is 8.38. The molecular weight excluding hydrogens is 324 g/mol.